The van der Waals surface area contributed by atoms with Gasteiger partial charge in [-0.1, -0.05) is 118 Å². The molecule has 1 spiro atoms. The van der Waals surface area contributed by atoms with E-state index in [9.17, 15) is 0 Å². The second-order valence-electron chi connectivity index (χ2n) is 16.6. The smallest absolute Gasteiger partial charge is 0.0467 e. The van der Waals surface area contributed by atoms with E-state index in [1.54, 1.807) is 50.1 Å². The van der Waals surface area contributed by atoms with Crippen molar-refractivity contribution in [3.63, 3.8) is 0 Å². The van der Waals surface area contributed by atoms with Crippen LogP contribution in [0.15, 0.2) is 48.5 Å². The molecule has 0 radical (unpaired) electrons. The number of aryl methyl sites for hydroxylation is 2. The van der Waals surface area contributed by atoms with Gasteiger partial charge in [0.15, 0.2) is 0 Å². The summed E-state index contributed by atoms with van der Waals surface area (Å²) in [5, 5.41) is 0. The van der Waals surface area contributed by atoms with Crippen LogP contribution in [0.1, 0.15) is 177 Å². The molecule has 3 nitrogen and oxygen atoms in total. The molecule has 0 aromatic heterocycles. The summed E-state index contributed by atoms with van der Waals surface area (Å²) in [4.78, 5) is 7.73. The zero-order valence-electron chi connectivity index (χ0n) is 37.3. The second-order valence-corrected chi connectivity index (χ2v) is 16.6. The fraction of sp³-hybridized carbons (Fsp3) is 0.640. The lowest BCUT2D eigenvalue weighted by atomic mass is 9.83. The molecule has 0 unspecified atom stereocenters. The van der Waals surface area contributed by atoms with Crippen LogP contribution in [0.2, 0.25) is 0 Å². The molecule has 53 heavy (non-hydrogen) atoms. The predicted molar refractivity (Wildman–Crippen MR) is 235 cm³/mol. The SMILES string of the molecule is CC.CC.CC(C)c1cccc2c1CCN(C(C)C)C21CC1.CCc1ccc(C(C)C)c2c1CN(C(C)C)CC2.CCc1cccc2c1CCN(C)C2. The van der Waals surface area contributed by atoms with Crippen molar-refractivity contribution in [3.05, 3.63) is 104 Å². The summed E-state index contributed by atoms with van der Waals surface area (Å²) in [7, 11) is 2.20. The van der Waals surface area contributed by atoms with Crippen molar-refractivity contribution in [3.8, 4) is 0 Å². The molecule has 1 aliphatic carbocycles. The van der Waals surface area contributed by atoms with E-state index in [4.69, 9.17) is 0 Å². The minimum atomic E-state index is 0.409. The third kappa shape index (κ3) is 10.6. The minimum Gasteiger partial charge on any atom is -0.302 e. The average molecular weight is 724 g/mol. The Labute approximate surface area is 329 Å². The quantitative estimate of drug-likeness (QED) is 0.251. The van der Waals surface area contributed by atoms with Gasteiger partial charge in [0.05, 0.1) is 0 Å². The normalized spacial score (nSPS) is 17.3. The van der Waals surface area contributed by atoms with Crippen LogP contribution in [0, 0.1) is 0 Å². The lowest BCUT2D eigenvalue weighted by molar-refractivity contribution is 0.122. The molecule has 3 aromatic carbocycles. The molecule has 0 atom stereocenters. The van der Waals surface area contributed by atoms with Gasteiger partial charge in [-0.3, -0.25) is 9.80 Å². The molecule has 0 amide bonds. The highest BCUT2D eigenvalue weighted by Crippen LogP contribution is 2.55. The van der Waals surface area contributed by atoms with Crippen molar-refractivity contribution >= 4 is 0 Å². The Balaban J connectivity index is 0.000000207. The van der Waals surface area contributed by atoms with Gasteiger partial charge in [0.2, 0.25) is 0 Å². The van der Waals surface area contributed by atoms with Gasteiger partial charge >= 0.3 is 0 Å². The van der Waals surface area contributed by atoms with E-state index in [0.717, 1.165) is 19.5 Å². The van der Waals surface area contributed by atoms with Crippen molar-refractivity contribution in [1.82, 2.24) is 14.7 Å². The van der Waals surface area contributed by atoms with Crippen LogP contribution in [0.3, 0.4) is 0 Å². The maximum Gasteiger partial charge on any atom is 0.0467 e. The number of rotatable bonds is 6. The zero-order chi connectivity index (χ0) is 39.5. The number of nitrogens with zero attached hydrogens (tertiary/aromatic N) is 3. The van der Waals surface area contributed by atoms with Crippen molar-refractivity contribution in [1.29, 1.82) is 0 Å². The summed E-state index contributed by atoms with van der Waals surface area (Å²) < 4.78 is 0. The molecule has 296 valence electrons. The Kier molecular flexibility index (Phi) is 17.8. The van der Waals surface area contributed by atoms with Gasteiger partial charge in [0, 0.05) is 50.3 Å². The first-order valence-corrected chi connectivity index (χ1v) is 22.0. The molecule has 7 rings (SSSR count). The van der Waals surface area contributed by atoms with Crippen LogP contribution in [0.25, 0.3) is 0 Å². The first-order valence-electron chi connectivity index (χ1n) is 22.0. The lowest BCUT2D eigenvalue weighted by Crippen LogP contribution is -2.45. The van der Waals surface area contributed by atoms with Gasteiger partial charge in [0.25, 0.3) is 0 Å². The summed E-state index contributed by atoms with van der Waals surface area (Å²) in [6.45, 7) is 37.1. The molecule has 0 N–H and O–H groups in total. The van der Waals surface area contributed by atoms with Crippen LogP contribution < -0.4 is 0 Å². The molecule has 3 aliphatic heterocycles. The minimum absolute atomic E-state index is 0.409. The maximum atomic E-state index is 2.74. The van der Waals surface area contributed by atoms with Gasteiger partial charge in [-0.2, -0.15) is 0 Å². The molecule has 3 heteroatoms. The first kappa shape index (κ1) is 44.9. The lowest BCUT2D eigenvalue weighted by Gasteiger charge is -2.41. The maximum absolute atomic E-state index is 2.74. The predicted octanol–water partition coefficient (Wildman–Crippen LogP) is 12.5. The summed E-state index contributed by atoms with van der Waals surface area (Å²) in [5.41, 5.74) is 16.4. The van der Waals surface area contributed by atoms with Crippen molar-refractivity contribution < 1.29 is 0 Å². The van der Waals surface area contributed by atoms with E-state index in [1.165, 1.54) is 63.7 Å². The fourth-order valence-corrected chi connectivity index (χ4v) is 9.15. The average Bonchev–Trinajstić information content (AvgIpc) is 3.96. The Hall–Kier alpha value is -2.46. The molecule has 0 bridgehead atoms. The molecular formula is C50H81N3. The van der Waals surface area contributed by atoms with Crippen molar-refractivity contribution in [2.45, 2.75) is 184 Å². The van der Waals surface area contributed by atoms with E-state index >= 15 is 0 Å². The third-order valence-corrected chi connectivity index (χ3v) is 12.1. The summed E-state index contributed by atoms with van der Waals surface area (Å²) in [5.74, 6) is 1.30. The highest BCUT2D eigenvalue weighted by Gasteiger charge is 2.53. The molecule has 1 fully saturated rings. The van der Waals surface area contributed by atoms with E-state index in [2.05, 4.69) is 140 Å². The highest BCUT2D eigenvalue weighted by atomic mass is 15.3. The van der Waals surface area contributed by atoms with Crippen molar-refractivity contribution in [2.24, 2.45) is 0 Å². The molecule has 0 saturated heterocycles. The third-order valence-electron chi connectivity index (χ3n) is 12.1. The molecular weight excluding hydrogens is 643 g/mol. The summed E-state index contributed by atoms with van der Waals surface area (Å²) in [6, 6.07) is 19.8. The van der Waals surface area contributed by atoms with Gasteiger partial charge in [0.1, 0.15) is 0 Å². The molecule has 4 aliphatic rings. The first-order chi connectivity index (χ1) is 25.4. The molecule has 1 saturated carbocycles. The Morgan fingerprint density at radius 2 is 1.13 bits per heavy atom. The fourth-order valence-electron chi connectivity index (χ4n) is 9.15. The Bertz CT molecular complexity index is 1540. The second kappa shape index (κ2) is 21.0. The van der Waals surface area contributed by atoms with Gasteiger partial charge in [-0.15, -0.1) is 0 Å². The molecule has 3 aromatic rings. The Morgan fingerprint density at radius 3 is 1.70 bits per heavy atom. The van der Waals surface area contributed by atoms with Crippen LogP contribution in [-0.4, -0.2) is 53.5 Å². The number of hydrogen-bond acceptors (Lipinski definition) is 3. The summed E-state index contributed by atoms with van der Waals surface area (Å²) in [6.07, 6.45) is 8.76. The van der Waals surface area contributed by atoms with Crippen molar-refractivity contribution in [2.75, 3.05) is 26.7 Å². The monoisotopic (exact) mass is 724 g/mol. The van der Waals surface area contributed by atoms with Gasteiger partial charge < -0.3 is 4.90 Å². The standard InChI is InChI=1S/C17H25N.C17H27N.C12H17N.2C2H6/c1-12(2)14-6-5-7-16-15(14)8-11-18(13(3)4)17(16)9-10-17;1-6-14-7-8-15(12(2)3)16-9-10-18(13(4)5)11-17(14)16;1-3-10-5-4-6-11-9-13(2)8-7-12(10)11;2*1-2/h5-7,12-13H,8-11H2,1-4H3;7-8,12-13H,6,9-11H2,1-5H3;4-6H,3,7-9H2,1-2H3;2*1-2H3. The van der Waals surface area contributed by atoms with E-state index in [-0.39, 0.29) is 0 Å². The number of benzene rings is 3. The van der Waals surface area contributed by atoms with Crippen LogP contribution in [0.5, 0.6) is 0 Å². The number of likely N-dealkylation sites (N-methyl/N-ethyl adjacent to an activating group) is 1. The molecule has 3 heterocycles. The highest BCUT2D eigenvalue weighted by molar-refractivity contribution is 5.47. The number of hydrogen-bond donors (Lipinski definition) is 0. The largest absolute Gasteiger partial charge is 0.302 e. The van der Waals surface area contributed by atoms with E-state index in [0.29, 0.717) is 29.5 Å². The van der Waals surface area contributed by atoms with Crippen LogP contribution >= 0.6 is 0 Å². The topological polar surface area (TPSA) is 9.72 Å². The summed E-state index contributed by atoms with van der Waals surface area (Å²) >= 11 is 0. The van der Waals surface area contributed by atoms with E-state index in [1.807, 2.05) is 27.7 Å². The zero-order valence-corrected chi connectivity index (χ0v) is 37.3. The van der Waals surface area contributed by atoms with Crippen LogP contribution in [0.4, 0.5) is 0 Å². The van der Waals surface area contributed by atoms with Gasteiger partial charge in [-0.25, -0.2) is 0 Å². The number of fused-ring (bicyclic) bond motifs is 4. The van der Waals surface area contributed by atoms with Crippen LogP contribution in [-0.2, 0) is 50.7 Å². The van der Waals surface area contributed by atoms with Gasteiger partial charge in [-0.05, 0) is 147 Å². The Morgan fingerprint density at radius 1 is 0.566 bits per heavy atom. The van der Waals surface area contributed by atoms with E-state index < -0.39 is 0 Å².